The molecule has 0 aliphatic rings. The molecule has 1 heterocycles. The molecule has 19 heavy (non-hydrogen) atoms. The molecule has 0 saturated heterocycles. The van der Waals surface area contributed by atoms with Crippen LogP contribution in [0.5, 0.6) is 5.75 Å². The van der Waals surface area contributed by atoms with Gasteiger partial charge in [-0.05, 0) is 18.4 Å². The van der Waals surface area contributed by atoms with Crippen molar-refractivity contribution in [3.8, 4) is 5.75 Å². The molecule has 6 nitrogen and oxygen atoms in total. The molecule has 3 N–H and O–H groups in total. The van der Waals surface area contributed by atoms with Crippen molar-refractivity contribution in [3.05, 3.63) is 36.0 Å². The number of benzene rings is 1. The summed E-state index contributed by atoms with van der Waals surface area (Å²) in [6, 6.07) is 6.35. The van der Waals surface area contributed by atoms with Crippen LogP contribution in [-0.4, -0.2) is 32.4 Å². The van der Waals surface area contributed by atoms with Gasteiger partial charge >= 0.3 is 5.97 Å². The third-order valence-corrected chi connectivity index (χ3v) is 2.85. The van der Waals surface area contributed by atoms with E-state index in [0.717, 1.165) is 0 Å². The van der Waals surface area contributed by atoms with E-state index in [9.17, 15) is 9.90 Å². The SMILES string of the molecule is CSc1ncc(C(=O)O)c(Nc2cccc(O)c2)n1. The minimum atomic E-state index is -1.12. The van der Waals surface area contributed by atoms with Gasteiger partial charge in [0.05, 0.1) is 0 Å². The van der Waals surface area contributed by atoms with Crippen molar-refractivity contribution in [2.24, 2.45) is 0 Å². The van der Waals surface area contributed by atoms with Crippen LogP contribution in [-0.2, 0) is 0 Å². The Hall–Kier alpha value is -2.28. The van der Waals surface area contributed by atoms with Crippen LogP contribution in [0.15, 0.2) is 35.6 Å². The number of anilines is 2. The normalized spacial score (nSPS) is 10.2. The maximum absolute atomic E-state index is 11.1. The molecule has 0 spiro atoms. The van der Waals surface area contributed by atoms with Crippen molar-refractivity contribution in [2.75, 3.05) is 11.6 Å². The van der Waals surface area contributed by atoms with E-state index in [1.54, 1.807) is 18.4 Å². The molecule has 0 bridgehead atoms. The summed E-state index contributed by atoms with van der Waals surface area (Å²) < 4.78 is 0. The molecule has 98 valence electrons. The number of phenolic OH excluding ortho intramolecular Hbond substituents is 1. The van der Waals surface area contributed by atoms with Crippen molar-refractivity contribution in [3.63, 3.8) is 0 Å². The minimum absolute atomic E-state index is 0.0267. The van der Waals surface area contributed by atoms with Crippen LogP contribution in [0, 0.1) is 0 Å². The number of aromatic carboxylic acids is 1. The van der Waals surface area contributed by atoms with Crippen molar-refractivity contribution in [2.45, 2.75) is 5.16 Å². The maximum atomic E-state index is 11.1. The van der Waals surface area contributed by atoms with Gasteiger partial charge in [-0.25, -0.2) is 14.8 Å². The van der Waals surface area contributed by atoms with E-state index in [1.807, 2.05) is 0 Å². The lowest BCUT2D eigenvalue weighted by molar-refractivity contribution is 0.0697. The number of rotatable bonds is 4. The van der Waals surface area contributed by atoms with Crippen LogP contribution in [0.4, 0.5) is 11.5 Å². The monoisotopic (exact) mass is 277 g/mol. The third-order valence-electron chi connectivity index (χ3n) is 2.29. The van der Waals surface area contributed by atoms with Gasteiger partial charge in [-0.15, -0.1) is 0 Å². The Kier molecular flexibility index (Phi) is 3.86. The van der Waals surface area contributed by atoms with Gasteiger partial charge in [0.25, 0.3) is 0 Å². The summed E-state index contributed by atoms with van der Waals surface area (Å²) in [7, 11) is 0. The first-order valence-electron chi connectivity index (χ1n) is 5.30. The van der Waals surface area contributed by atoms with Crippen LogP contribution in [0.1, 0.15) is 10.4 Å². The number of hydrogen-bond donors (Lipinski definition) is 3. The lowest BCUT2D eigenvalue weighted by Crippen LogP contribution is -2.06. The number of hydrogen-bond acceptors (Lipinski definition) is 6. The zero-order valence-corrected chi connectivity index (χ0v) is 10.8. The molecule has 0 radical (unpaired) electrons. The van der Waals surface area contributed by atoms with Crippen LogP contribution in [0.3, 0.4) is 0 Å². The highest BCUT2D eigenvalue weighted by Crippen LogP contribution is 2.23. The first-order chi connectivity index (χ1) is 9.10. The third kappa shape index (κ3) is 3.14. The molecule has 2 rings (SSSR count). The summed E-state index contributed by atoms with van der Waals surface area (Å²) in [5, 5.41) is 21.8. The number of carboxylic acids is 1. The van der Waals surface area contributed by atoms with Gasteiger partial charge in [0.15, 0.2) is 5.16 Å². The fourth-order valence-corrected chi connectivity index (χ4v) is 1.78. The van der Waals surface area contributed by atoms with E-state index in [2.05, 4.69) is 15.3 Å². The molecule has 0 aliphatic carbocycles. The van der Waals surface area contributed by atoms with Gasteiger partial charge < -0.3 is 15.5 Å². The summed E-state index contributed by atoms with van der Waals surface area (Å²) in [5.41, 5.74) is 0.523. The van der Waals surface area contributed by atoms with Crippen LogP contribution in [0.2, 0.25) is 0 Å². The molecular formula is C12H11N3O3S. The predicted molar refractivity (Wildman–Crippen MR) is 72.2 cm³/mol. The zero-order valence-electron chi connectivity index (χ0n) is 9.99. The highest BCUT2D eigenvalue weighted by atomic mass is 32.2. The summed E-state index contributed by atoms with van der Waals surface area (Å²) >= 11 is 1.31. The highest BCUT2D eigenvalue weighted by Gasteiger charge is 2.13. The highest BCUT2D eigenvalue weighted by molar-refractivity contribution is 7.98. The van der Waals surface area contributed by atoms with Crippen molar-refractivity contribution >= 4 is 29.2 Å². The van der Waals surface area contributed by atoms with Crippen LogP contribution < -0.4 is 5.32 Å². The second kappa shape index (κ2) is 5.57. The Balaban J connectivity index is 2.39. The number of nitrogens with zero attached hydrogens (tertiary/aromatic N) is 2. The molecular weight excluding hydrogens is 266 g/mol. The van der Waals surface area contributed by atoms with Crippen molar-refractivity contribution in [1.29, 1.82) is 0 Å². The topological polar surface area (TPSA) is 95.3 Å². The number of nitrogens with one attached hydrogen (secondary N) is 1. The van der Waals surface area contributed by atoms with Gasteiger partial charge in [-0.1, -0.05) is 17.8 Å². The van der Waals surface area contributed by atoms with Crippen molar-refractivity contribution in [1.82, 2.24) is 9.97 Å². The average Bonchev–Trinajstić information content (AvgIpc) is 2.38. The quantitative estimate of drug-likeness (QED) is 0.583. The summed E-state index contributed by atoms with van der Waals surface area (Å²) in [6.45, 7) is 0. The lowest BCUT2D eigenvalue weighted by Gasteiger charge is -2.09. The Morgan fingerprint density at radius 2 is 2.21 bits per heavy atom. The number of thioether (sulfide) groups is 1. The zero-order chi connectivity index (χ0) is 13.8. The summed E-state index contributed by atoms with van der Waals surface area (Å²) in [6.07, 6.45) is 3.06. The number of aromatic nitrogens is 2. The molecule has 7 heteroatoms. The van der Waals surface area contributed by atoms with E-state index in [4.69, 9.17) is 5.11 Å². The van der Waals surface area contributed by atoms with Gasteiger partial charge in [0, 0.05) is 18.0 Å². The minimum Gasteiger partial charge on any atom is -0.508 e. The van der Waals surface area contributed by atoms with Crippen LogP contribution in [0.25, 0.3) is 0 Å². The maximum Gasteiger partial charge on any atom is 0.341 e. The molecule has 0 atom stereocenters. The number of phenols is 1. The van der Waals surface area contributed by atoms with Gasteiger partial charge in [-0.2, -0.15) is 0 Å². The summed E-state index contributed by atoms with van der Waals surface area (Å²) in [4.78, 5) is 19.1. The molecule has 1 aromatic carbocycles. The van der Waals surface area contributed by atoms with E-state index in [-0.39, 0.29) is 17.1 Å². The van der Waals surface area contributed by atoms with Crippen LogP contribution >= 0.6 is 11.8 Å². The van der Waals surface area contributed by atoms with Gasteiger partial charge in [-0.3, -0.25) is 0 Å². The first-order valence-corrected chi connectivity index (χ1v) is 6.53. The van der Waals surface area contributed by atoms with Crippen molar-refractivity contribution < 1.29 is 15.0 Å². The largest absolute Gasteiger partial charge is 0.508 e. The molecule has 1 aromatic heterocycles. The van der Waals surface area contributed by atoms with E-state index >= 15 is 0 Å². The van der Waals surface area contributed by atoms with E-state index in [0.29, 0.717) is 10.8 Å². The Labute approximate surface area is 113 Å². The molecule has 2 aromatic rings. The van der Waals surface area contributed by atoms with Gasteiger partial charge in [0.2, 0.25) is 0 Å². The molecule has 0 unspecified atom stereocenters. The second-order valence-electron chi connectivity index (χ2n) is 3.60. The molecule has 0 amide bonds. The lowest BCUT2D eigenvalue weighted by atomic mass is 10.2. The number of aromatic hydroxyl groups is 1. The summed E-state index contributed by atoms with van der Waals surface area (Å²) in [5.74, 6) is -0.839. The Bertz CT molecular complexity index is 619. The van der Waals surface area contributed by atoms with E-state index < -0.39 is 5.97 Å². The fourth-order valence-electron chi connectivity index (χ4n) is 1.44. The smallest absolute Gasteiger partial charge is 0.341 e. The second-order valence-corrected chi connectivity index (χ2v) is 4.37. The predicted octanol–water partition coefficient (Wildman–Crippen LogP) is 2.35. The average molecular weight is 277 g/mol. The van der Waals surface area contributed by atoms with Gasteiger partial charge in [0.1, 0.15) is 17.1 Å². The number of carboxylic acid groups (broad SMARTS) is 1. The Morgan fingerprint density at radius 1 is 1.42 bits per heavy atom. The van der Waals surface area contributed by atoms with E-state index in [1.165, 1.54) is 30.1 Å². The molecule has 0 aliphatic heterocycles. The first kappa shape index (κ1) is 13.2. The fraction of sp³-hybridized carbons (Fsp3) is 0.0833. The standard InChI is InChI=1S/C12H11N3O3S/c1-19-12-13-6-9(11(17)18)10(15-12)14-7-3-2-4-8(16)5-7/h2-6,16H,1H3,(H,17,18)(H,13,14,15). The molecule has 0 saturated carbocycles. The number of carbonyl (C=O) groups is 1. The molecule has 0 fully saturated rings. The Morgan fingerprint density at radius 3 is 2.84 bits per heavy atom.